The summed E-state index contributed by atoms with van der Waals surface area (Å²) in [6.07, 6.45) is 1.06. The van der Waals surface area contributed by atoms with Crippen molar-refractivity contribution in [1.29, 1.82) is 0 Å². The van der Waals surface area contributed by atoms with Gasteiger partial charge >= 0.3 is 6.09 Å². The number of amides is 1. The predicted octanol–water partition coefficient (Wildman–Crippen LogP) is 3.40. The number of carbonyl (C=O) groups excluding carboxylic acids is 1. The number of nitrogens with zero attached hydrogens (tertiary/aromatic N) is 1. The van der Waals surface area contributed by atoms with E-state index in [1.807, 2.05) is 24.3 Å². The number of hydrogen-bond acceptors (Lipinski definition) is 5. The van der Waals surface area contributed by atoms with Crippen molar-refractivity contribution in [1.82, 2.24) is 4.98 Å². The Morgan fingerprint density at radius 2 is 2.10 bits per heavy atom. The second-order valence-corrected chi connectivity index (χ2v) is 4.13. The predicted molar refractivity (Wildman–Crippen MR) is 81.2 cm³/mol. The fraction of sp³-hybridized carbons (Fsp3) is 0.200. The van der Waals surface area contributed by atoms with Gasteiger partial charge in [-0.3, -0.25) is 5.32 Å². The highest BCUT2D eigenvalue weighted by molar-refractivity contribution is 5.84. The van der Waals surface area contributed by atoms with Crippen LogP contribution in [0.2, 0.25) is 0 Å². The van der Waals surface area contributed by atoms with Crippen molar-refractivity contribution in [3.63, 3.8) is 0 Å². The Balaban J connectivity index is 2.00. The first-order valence-corrected chi connectivity index (χ1v) is 6.52. The number of ether oxygens (including phenoxy) is 2. The molecular formula is C15H17N3O3. The summed E-state index contributed by atoms with van der Waals surface area (Å²) >= 11 is 0. The number of hydrogen-bond donors (Lipinski definition) is 2. The summed E-state index contributed by atoms with van der Waals surface area (Å²) in [5, 5.41) is 5.73. The minimum atomic E-state index is -0.493. The molecule has 0 unspecified atom stereocenters. The Morgan fingerprint density at radius 3 is 2.76 bits per heavy atom. The molecule has 0 aliphatic heterocycles. The van der Waals surface area contributed by atoms with Crippen LogP contribution in [0.5, 0.6) is 5.75 Å². The van der Waals surface area contributed by atoms with E-state index in [-0.39, 0.29) is 0 Å². The van der Waals surface area contributed by atoms with Crippen LogP contribution < -0.4 is 15.4 Å². The topological polar surface area (TPSA) is 72.5 Å². The third-order valence-corrected chi connectivity index (χ3v) is 2.63. The van der Waals surface area contributed by atoms with E-state index in [9.17, 15) is 4.79 Å². The summed E-state index contributed by atoms with van der Waals surface area (Å²) in [4.78, 5) is 15.5. The lowest BCUT2D eigenvalue weighted by Crippen LogP contribution is -2.13. The molecule has 0 atom stereocenters. The van der Waals surface area contributed by atoms with Gasteiger partial charge in [0.2, 0.25) is 0 Å². The van der Waals surface area contributed by atoms with Crippen molar-refractivity contribution >= 4 is 23.3 Å². The number of nitrogens with one attached hydrogen (secondary N) is 2. The van der Waals surface area contributed by atoms with Crippen molar-refractivity contribution in [2.24, 2.45) is 0 Å². The molecule has 2 aromatic rings. The lowest BCUT2D eigenvalue weighted by Gasteiger charge is -2.08. The lowest BCUT2D eigenvalue weighted by molar-refractivity contribution is 0.168. The summed E-state index contributed by atoms with van der Waals surface area (Å²) in [7, 11) is 1.62. The molecule has 21 heavy (non-hydrogen) atoms. The van der Waals surface area contributed by atoms with E-state index in [2.05, 4.69) is 15.6 Å². The van der Waals surface area contributed by atoms with E-state index in [1.54, 1.807) is 32.4 Å². The molecular weight excluding hydrogens is 270 g/mol. The molecule has 0 fully saturated rings. The highest BCUT2D eigenvalue weighted by Gasteiger charge is 2.03. The fourth-order valence-corrected chi connectivity index (χ4v) is 1.68. The summed E-state index contributed by atoms with van der Waals surface area (Å²) in [6.45, 7) is 2.08. The first-order chi connectivity index (χ1) is 10.2. The molecule has 110 valence electrons. The number of pyridine rings is 1. The largest absolute Gasteiger partial charge is 0.497 e. The van der Waals surface area contributed by atoms with Crippen molar-refractivity contribution in [2.75, 3.05) is 24.4 Å². The minimum Gasteiger partial charge on any atom is -0.497 e. The van der Waals surface area contributed by atoms with Crippen molar-refractivity contribution < 1.29 is 14.3 Å². The molecule has 2 rings (SSSR count). The number of carbonyl (C=O) groups is 1. The molecule has 6 nitrogen and oxygen atoms in total. The first kappa shape index (κ1) is 14.6. The molecule has 0 radical (unpaired) electrons. The smallest absolute Gasteiger partial charge is 0.411 e. The molecule has 1 amide bonds. The summed E-state index contributed by atoms with van der Waals surface area (Å²) < 4.78 is 9.95. The number of anilines is 3. The molecule has 1 heterocycles. The lowest BCUT2D eigenvalue weighted by atomic mass is 10.3. The van der Waals surface area contributed by atoms with E-state index in [0.717, 1.165) is 11.4 Å². The molecule has 0 bridgehead atoms. The summed E-state index contributed by atoms with van der Waals surface area (Å²) in [5.41, 5.74) is 1.44. The Kier molecular flexibility index (Phi) is 4.98. The van der Waals surface area contributed by atoms with Crippen LogP contribution in [0.1, 0.15) is 6.92 Å². The third kappa shape index (κ3) is 4.38. The SMILES string of the molecule is CCOC(=O)Nc1ccc(Nc2cccc(OC)c2)nc1. The number of benzene rings is 1. The zero-order valence-corrected chi connectivity index (χ0v) is 11.9. The molecule has 0 aliphatic carbocycles. The Hall–Kier alpha value is -2.76. The maximum Gasteiger partial charge on any atom is 0.411 e. The summed E-state index contributed by atoms with van der Waals surface area (Å²) in [5.74, 6) is 1.43. The average molecular weight is 287 g/mol. The van der Waals surface area contributed by atoms with Gasteiger partial charge < -0.3 is 14.8 Å². The second-order valence-electron chi connectivity index (χ2n) is 4.13. The standard InChI is InChI=1S/C15H17N3O3/c1-3-21-15(19)18-12-7-8-14(16-10-12)17-11-5-4-6-13(9-11)20-2/h4-10H,3H2,1-2H3,(H,16,17)(H,18,19). The maximum absolute atomic E-state index is 11.3. The zero-order valence-electron chi connectivity index (χ0n) is 11.9. The molecule has 0 spiro atoms. The van der Waals surface area contributed by atoms with Crippen LogP contribution in [0.15, 0.2) is 42.6 Å². The van der Waals surface area contributed by atoms with Crippen LogP contribution in [-0.4, -0.2) is 24.8 Å². The van der Waals surface area contributed by atoms with Crippen molar-refractivity contribution in [3.05, 3.63) is 42.6 Å². The van der Waals surface area contributed by atoms with Crippen molar-refractivity contribution in [3.8, 4) is 5.75 Å². The fourth-order valence-electron chi connectivity index (χ4n) is 1.68. The second kappa shape index (κ2) is 7.14. The molecule has 0 aliphatic rings. The van der Waals surface area contributed by atoms with Crippen LogP contribution >= 0.6 is 0 Å². The minimum absolute atomic E-state index is 0.328. The van der Waals surface area contributed by atoms with Crippen LogP contribution in [-0.2, 0) is 4.74 Å². The zero-order chi connectivity index (χ0) is 15.1. The molecule has 1 aromatic heterocycles. The molecule has 0 saturated carbocycles. The monoisotopic (exact) mass is 287 g/mol. The third-order valence-electron chi connectivity index (χ3n) is 2.63. The van der Waals surface area contributed by atoms with E-state index in [0.29, 0.717) is 18.1 Å². The van der Waals surface area contributed by atoms with Gasteiger partial charge in [-0.15, -0.1) is 0 Å². The Labute approximate surface area is 123 Å². The van der Waals surface area contributed by atoms with Crippen LogP contribution in [0.25, 0.3) is 0 Å². The maximum atomic E-state index is 11.3. The number of methoxy groups -OCH3 is 1. The molecule has 2 N–H and O–H groups in total. The van der Waals surface area contributed by atoms with E-state index >= 15 is 0 Å². The van der Waals surface area contributed by atoms with Crippen LogP contribution in [0.3, 0.4) is 0 Å². The van der Waals surface area contributed by atoms with Gasteiger partial charge in [0.25, 0.3) is 0 Å². The quantitative estimate of drug-likeness (QED) is 0.881. The van der Waals surface area contributed by atoms with Gasteiger partial charge in [0.05, 0.1) is 25.6 Å². The van der Waals surface area contributed by atoms with Gasteiger partial charge in [0, 0.05) is 11.8 Å². The van der Waals surface area contributed by atoms with Crippen molar-refractivity contribution in [2.45, 2.75) is 6.92 Å². The number of aromatic nitrogens is 1. The van der Waals surface area contributed by atoms with E-state index < -0.39 is 6.09 Å². The van der Waals surface area contributed by atoms with Gasteiger partial charge in [-0.05, 0) is 31.2 Å². The van der Waals surface area contributed by atoms with Gasteiger partial charge in [0.15, 0.2) is 0 Å². The van der Waals surface area contributed by atoms with Gasteiger partial charge in [-0.2, -0.15) is 0 Å². The van der Waals surface area contributed by atoms with Crippen LogP contribution in [0.4, 0.5) is 22.0 Å². The summed E-state index contributed by atoms with van der Waals surface area (Å²) in [6, 6.07) is 11.0. The van der Waals surface area contributed by atoms with E-state index in [1.165, 1.54) is 0 Å². The molecule has 6 heteroatoms. The Bertz CT molecular complexity index is 599. The number of rotatable bonds is 5. The van der Waals surface area contributed by atoms with Crippen LogP contribution in [0, 0.1) is 0 Å². The van der Waals surface area contributed by atoms with Gasteiger partial charge in [0.1, 0.15) is 11.6 Å². The highest BCUT2D eigenvalue weighted by atomic mass is 16.5. The van der Waals surface area contributed by atoms with E-state index in [4.69, 9.17) is 9.47 Å². The first-order valence-electron chi connectivity index (χ1n) is 6.52. The normalized spacial score (nSPS) is 9.81. The highest BCUT2D eigenvalue weighted by Crippen LogP contribution is 2.20. The molecule has 0 saturated heterocycles. The average Bonchev–Trinajstić information content (AvgIpc) is 2.50. The Morgan fingerprint density at radius 1 is 1.24 bits per heavy atom. The van der Waals surface area contributed by atoms with Gasteiger partial charge in [-0.25, -0.2) is 9.78 Å². The van der Waals surface area contributed by atoms with Gasteiger partial charge in [-0.1, -0.05) is 6.07 Å². The molecule has 1 aromatic carbocycles.